The molecule has 2 saturated carbocycles. The van der Waals surface area contributed by atoms with Crippen LogP contribution in [0.2, 0.25) is 5.02 Å². The number of carbonyl (C=O) groups excluding carboxylic acids is 2. The molecule has 2 aliphatic heterocycles. The van der Waals surface area contributed by atoms with Crippen LogP contribution in [0.5, 0.6) is 0 Å². The van der Waals surface area contributed by atoms with Gasteiger partial charge in [-0.25, -0.2) is 4.79 Å². The quantitative estimate of drug-likeness (QED) is 0.640. The van der Waals surface area contributed by atoms with Crippen LogP contribution in [0.1, 0.15) is 29.7 Å². The molecule has 2 N–H and O–H groups in total. The van der Waals surface area contributed by atoms with Crippen LogP contribution in [0, 0.1) is 29.6 Å². The first kappa shape index (κ1) is 20.5. The van der Waals surface area contributed by atoms with E-state index in [9.17, 15) is 24.3 Å². The van der Waals surface area contributed by atoms with E-state index in [1.54, 1.807) is 11.8 Å². The third-order valence-electron chi connectivity index (χ3n) is 7.73. The van der Waals surface area contributed by atoms with Gasteiger partial charge >= 0.3 is 10.8 Å². The third-order valence-corrected chi connectivity index (χ3v) is 10.6. The third kappa shape index (κ3) is 2.61. The Morgan fingerprint density at radius 3 is 2.47 bits per heavy atom. The van der Waals surface area contributed by atoms with Crippen molar-refractivity contribution < 1.29 is 19.5 Å². The summed E-state index contributed by atoms with van der Waals surface area (Å²) in [6.45, 7) is 1.39. The second-order valence-corrected chi connectivity index (χ2v) is 11.7. The van der Waals surface area contributed by atoms with Crippen LogP contribution >= 0.6 is 34.7 Å². The molecule has 2 aromatic rings. The molecule has 8 atom stereocenters. The SMILES string of the molecule is C[C@@H](C(=O)O)N1C(=O)[C@@H]2[C@@H]3C[C@H]([C@H]2C1=O)[C@H]1[C@H](c2ccc(Cl)cc2)c2sc(=O)[nH]c2S[C@@H]31. The average Bonchev–Trinajstić information content (AvgIpc) is 3.47. The fourth-order valence-corrected chi connectivity index (χ4v) is 9.59. The number of H-pyrrole nitrogens is 1. The molecule has 10 heteroatoms. The predicted octanol–water partition coefficient (Wildman–Crippen LogP) is 3.04. The predicted molar refractivity (Wildman–Crippen MR) is 119 cm³/mol. The van der Waals surface area contributed by atoms with E-state index < -0.39 is 23.8 Å². The summed E-state index contributed by atoms with van der Waals surface area (Å²) in [6.07, 6.45) is 0.772. The number of imide groups is 1. The molecular weight excluding hydrogens is 472 g/mol. The van der Waals surface area contributed by atoms with E-state index in [0.717, 1.165) is 26.8 Å². The number of aromatic amines is 1. The first-order valence-electron chi connectivity index (χ1n) is 10.5. The van der Waals surface area contributed by atoms with Gasteiger partial charge in [-0.15, -0.1) is 11.8 Å². The van der Waals surface area contributed by atoms with Crippen molar-refractivity contribution in [2.75, 3.05) is 0 Å². The highest BCUT2D eigenvalue weighted by Gasteiger charge is 2.70. The summed E-state index contributed by atoms with van der Waals surface area (Å²) in [6, 6.07) is 6.44. The molecule has 2 bridgehead atoms. The van der Waals surface area contributed by atoms with Gasteiger partial charge in [0.2, 0.25) is 11.8 Å². The van der Waals surface area contributed by atoms with Crippen LogP contribution < -0.4 is 4.87 Å². The summed E-state index contributed by atoms with van der Waals surface area (Å²) in [5.41, 5.74) is 1.04. The second kappa shape index (κ2) is 6.95. The molecule has 1 aromatic carbocycles. The number of nitrogens with one attached hydrogen (secondary N) is 1. The molecular formula is C22H19ClN2O5S2. The molecule has 1 aromatic heterocycles. The van der Waals surface area contributed by atoms with E-state index in [2.05, 4.69) is 4.98 Å². The molecule has 0 spiro atoms. The molecule has 32 heavy (non-hydrogen) atoms. The Kier molecular flexibility index (Phi) is 4.45. The minimum atomic E-state index is -1.18. The van der Waals surface area contributed by atoms with Gasteiger partial charge in [0.1, 0.15) is 6.04 Å². The summed E-state index contributed by atoms with van der Waals surface area (Å²) in [5.74, 6) is -2.87. The number of carboxylic acid groups (broad SMARTS) is 1. The number of likely N-dealkylation sites (tertiary alicyclic amines) is 1. The number of carbonyl (C=O) groups is 3. The molecule has 2 aliphatic carbocycles. The van der Waals surface area contributed by atoms with E-state index in [0.29, 0.717) is 5.02 Å². The van der Waals surface area contributed by atoms with Crippen molar-refractivity contribution in [3.05, 3.63) is 49.4 Å². The fraction of sp³-hybridized carbons (Fsp3) is 0.455. The van der Waals surface area contributed by atoms with Gasteiger partial charge in [0.05, 0.1) is 16.9 Å². The Bertz CT molecular complexity index is 1220. The van der Waals surface area contributed by atoms with Crippen LogP contribution in [0.4, 0.5) is 0 Å². The number of thiazole rings is 1. The summed E-state index contributed by atoms with van der Waals surface area (Å²) >= 11 is 8.93. The molecule has 0 unspecified atom stereocenters. The van der Waals surface area contributed by atoms with E-state index in [-0.39, 0.29) is 45.6 Å². The van der Waals surface area contributed by atoms with Gasteiger partial charge in [0.15, 0.2) is 0 Å². The fourth-order valence-electron chi connectivity index (χ4n) is 6.58. The number of hydrogen-bond acceptors (Lipinski definition) is 6. The van der Waals surface area contributed by atoms with Crippen molar-refractivity contribution in [1.29, 1.82) is 0 Å². The minimum absolute atomic E-state index is 0.0196. The number of thioether (sulfide) groups is 1. The minimum Gasteiger partial charge on any atom is -0.480 e. The summed E-state index contributed by atoms with van der Waals surface area (Å²) in [5, 5.41) is 11.0. The van der Waals surface area contributed by atoms with Crippen LogP contribution in [0.25, 0.3) is 0 Å². The molecule has 166 valence electrons. The molecule has 3 fully saturated rings. The van der Waals surface area contributed by atoms with Crippen molar-refractivity contribution in [3.63, 3.8) is 0 Å². The van der Waals surface area contributed by atoms with Gasteiger partial charge in [-0.2, -0.15) is 0 Å². The van der Waals surface area contributed by atoms with Crippen molar-refractivity contribution in [2.24, 2.45) is 29.6 Å². The lowest BCUT2D eigenvalue weighted by molar-refractivity contribution is -0.154. The molecule has 4 aliphatic rings. The number of aliphatic carboxylic acids is 1. The van der Waals surface area contributed by atoms with Crippen molar-refractivity contribution in [1.82, 2.24) is 9.88 Å². The second-order valence-electron chi connectivity index (χ2n) is 9.07. The van der Waals surface area contributed by atoms with Crippen LogP contribution in [0.3, 0.4) is 0 Å². The van der Waals surface area contributed by atoms with E-state index >= 15 is 0 Å². The molecule has 0 radical (unpaired) electrons. The maximum Gasteiger partial charge on any atom is 0.326 e. The molecule has 2 amide bonds. The zero-order chi connectivity index (χ0) is 22.5. The number of fused-ring (bicyclic) bond motifs is 9. The maximum atomic E-state index is 13.3. The molecule has 3 heterocycles. The Hall–Kier alpha value is -2.10. The average molecular weight is 491 g/mol. The van der Waals surface area contributed by atoms with E-state index in [1.807, 2.05) is 24.3 Å². The lowest BCUT2D eigenvalue weighted by Gasteiger charge is -2.43. The molecule has 6 rings (SSSR count). The summed E-state index contributed by atoms with van der Waals surface area (Å²) < 4.78 is 0. The smallest absolute Gasteiger partial charge is 0.326 e. The van der Waals surface area contributed by atoms with Gasteiger partial charge in [0.25, 0.3) is 0 Å². The number of nitrogens with zero attached hydrogens (tertiary/aromatic N) is 1. The lowest BCUT2D eigenvalue weighted by atomic mass is 9.68. The van der Waals surface area contributed by atoms with Crippen LogP contribution in [-0.4, -0.2) is 44.1 Å². The number of benzene rings is 1. The Balaban J connectivity index is 1.45. The number of amides is 2. The zero-order valence-corrected chi connectivity index (χ0v) is 19.2. The molecule has 7 nitrogen and oxygen atoms in total. The van der Waals surface area contributed by atoms with Gasteiger partial charge < -0.3 is 10.1 Å². The van der Waals surface area contributed by atoms with Crippen LogP contribution in [-0.2, 0) is 14.4 Å². The zero-order valence-electron chi connectivity index (χ0n) is 16.9. The van der Waals surface area contributed by atoms with E-state index in [4.69, 9.17) is 11.6 Å². The first-order chi connectivity index (χ1) is 15.3. The number of aromatic nitrogens is 1. The Morgan fingerprint density at radius 1 is 1.16 bits per heavy atom. The highest BCUT2D eigenvalue weighted by molar-refractivity contribution is 8.00. The Labute approximate surface area is 196 Å². The maximum absolute atomic E-state index is 13.3. The van der Waals surface area contributed by atoms with Crippen LogP contribution in [0.15, 0.2) is 34.1 Å². The summed E-state index contributed by atoms with van der Waals surface area (Å²) in [7, 11) is 0. The normalized spacial score (nSPS) is 35.6. The highest BCUT2D eigenvalue weighted by atomic mass is 35.5. The van der Waals surface area contributed by atoms with Gasteiger partial charge in [-0.3, -0.25) is 19.3 Å². The number of rotatable bonds is 3. The number of halogens is 1. The molecule has 1 saturated heterocycles. The summed E-state index contributed by atoms with van der Waals surface area (Å²) in [4.78, 5) is 55.1. The van der Waals surface area contributed by atoms with Gasteiger partial charge in [-0.05, 0) is 48.8 Å². The first-order valence-corrected chi connectivity index (χ1v) is 12.6. The monoisotopic (exact) mass is 490 g/mol. The lowest BCUT2D eigenvalue weighted by Crippen LogP contribution is -2.44. The largest absolute Gasteiger partial charge is 0.480 e. The number of carboxylic acids is 1. The van der Waals surface area contributed by atoms with Gasteiger partial charge in [0, 0.05) is 21.1 Å². The van der Waals surface area contributed by atoms with Crippen molar-refractivity contribution >= 4 is 52.5 Å². The topological polar surface area (TPSA) is 108 Å². The Morgan fingerprint density at radius 2 is 1.81 bits per heavy atom. The van der Waals surface area contributed by atoms with Crippen molar-refractivity contribution in [2.45, 2.75) is 35.6 Å². The number of hydrogen-bond donors (Lipinski definition) is 2. The van der Waals surface area contributed by atoms with E-state index in [1.165, 1.54) is 18.3 Å². The van der Waals surface area contributed by atoms with Gasteiger partial charge in [-0.1, -0.05) is 35.1 Å². The van der Waals surface area contributed by atoms with Crippen molar-refractivity contribution in [3.8, 4) is 0 Å². The standard InChI is InChI=1S/C22H19ClN2O5S2/c1-7(21(28)29)25-19(26)14-10-6-11(15(14)20(25)27)16-13(10)12(8-2-4-9(23)5-3-8)17-18(31-16)24-22(30)32-17/h2-5,7,10-16H,6H2,1H3,(H,24,30)(H,28,29)/t7-,10-,11-,12-,13-,14+,15+,16-/m0/s1. The highest BCUT2D eigenvalue weighted by Crippen LogP contribution is 2.68.